The van der Waals surface area contributed by atoms with Gasteiger partial charge in [0, 0.05) is 12.7 Å². The zero-order valence-electron chi connectivity index (χ0n) is 8.95. The van der Waals surface area contributed by atoms with Gasteiger partial charge < -0.3 is 5.32 Å². The molecule has 0 spiro atoms. The molecule has 0 bridgehead atoms. The quantitative estimate of drug-likeness (QED) is 0.596. The molecule has 0 unspecified atom stereocenters. The Hall–Kier alpha value is -1.27. The van der Waals surface area contributed by atoms with E-state index < -0.39 is 0 Å². The Kier molecular flexibility index (Phi) is 3.41. The summed E-state index contributed by atoms with van der Waals surface area (Å²) in [6.07, 6.45) is 12.5. The molecule has 2 rings (SSSR count). The summed E-state index contributed by atoms with van der Waals surface area (Å²) in [6, 6.07) is 2.70. The Labute approximate surface area is 90.9 Å². The maximum absolute atomic E-state index is 5.16. The van der Waals surface area contributed by atoms with Gasteiger partial charge in [0.1, 0.15) is 0 Å². The first kappa shape index (κ1) is 10.3. The second-order valence-electron chi connectivity index (χ2n) is 4.03. The van der Waals surface area contributed by atoms with Gasteiger partial charge in [-0.2, -0.15) is 5.10 Å². The maximum atomic E-state index is 5.16. The third kappa shape index (κ3) is 2.60. The average Bonchev–Trinajstić information content (AvgIpc) is 2.87. The van der Waals surface area contributed by atoms with Crippen molar-refractivity contribution in [3.05, 3.63) is 18.0 Å². The first-order valence-electron chi connectivity index (χ1n) is 5.58. The van der Waals surface area contributed by atoms with Crippen LogP contribution in [0.25, 0.3) is 0 Å². The molecule has 0 aromatic carbocycles. The fraction of sp³-hybridized carbons (Fsp3) is 0.583. The number of terminal acetylenes is 1. The van der Waals surface area contributed by atoms with E-state index in [2.05, 4.69) is 33.3 Å². The lowest BCUT2D eigenvalue weighted by Crippen LogP contribution is -2.14. The maximum Gasteiger partial charge on any atom is 0.0762 e. The summed E-state index contributed by atoms with van der Waals surface area (Å²) in [5.41, 5.74) is 1.08. The van der Waals surface area contributed by atoms with Crippen molar-refractivity contribution in [2.24, 2.45) is 0 Å². The topological polar surface area (TPSA) is 29.9 Å². The van der Waals surface area contributed by atoms with Gasteiger partial charge in [0.2, 0.25) is 0 Å². The third-order valence-corrected chi connectivity index (χ3v) is 2.90. The van der Waals surface area contributed by atoms with Crippen LogP contribution in [0.5, 0.6) is 0 Å². The minimum Gasteiger partial charge on any atom is -0.300 e. The van der Waals surface area contributed by atoms with E-state index in [1.807, 2.05) is 0 Å². The zero-order valence-corrected chi connectivity index (χ0v) is 8.95. The normalized spacial score (nSPS) is 16.7. The lowest BCUT2D eigenvalue weighted by atomic mass is 10.3. The fourth-order valence-electron chi connectivity index (χ4n) is 2.11. The van der Waals surface area contributed by atoms with Gasteiger partial charge in [-0.3, -0.25) is 4.68 Å². The number of nitrogens with zero attached hydrogens (tertiary/aromatic N) is 2. The highest BCUT2D eigenvalue weighted by Gasteiger charge is 2.17. The molecular weight excluding hydrogens is 186 g/mol. The first-order chi connectivity index (χ1) is 7.40. The van der Waals surface area contributed by atoms with Gasteiger partial charge in [-0.05, 0) is 18.9 Å². The van der Waals surface area contributed by atoms with Crippen molar-refractivity contribution >= 4 is 0 Å². The Morgan fingerprint density at radius 3 is 3.07 bits per heavy atom. The van der Waals surface area contributed by atoms with Gasteiger partial charge >= 0.3 is 0 Å². The van der Waals surface area contributed by atoms with Gasteiger partial charge in [0.15, 0.2) is 0 Å². The molecule has 0 saturated heterocycles. The number of nitrogens with one attached hydrogen (secondary N) is 1. The van der Waals surface area contributed by atoms with E-state index in [4.69, 9.17) is 6.42 Å². The molecule has 1 fully saturated rings. The molecule has 1 N–H and O–H groups in total. The summed E-state index contributed by atoms with van der Waals surface area (Å²) in [6.45, 7) is 1.38. The summed E-state index contributed by atoms with van der Waals surface area (Å²) < 4.78 is 2.11. The van der Waals surface area contributed by atoms with Gasteiger partial charge in [0.05, 0.1) is 18.3 Å². The first-order valence-corrected chi connectivity index (χ1v) is 5.58. The largest absolute Gasteiger partial charge is 0.300 e. The molecular formula is C12H17N3. The van der Waals surface area contributed by atoms with E-state index in [1.165, 1.54) is 25.7 Å². The van der Waals surface area contributed by atoms with E-state index in [1.54, 1.807) is 0 Å². The van der Waals surface area contributed by atoms with Crippen LogP contribution in [0.4, 0.5) is 0 Å². The Balaban J connectivity index is 1.89. The highest BCUT2D eigenvalue weighted by molar-refractivity contribution is 5.00. The van der Waals surface area contributed by atoms with Crippen LogP contribution in [-0.2, 0) is 6.54 Å². The van der Waals surface area contributed by atoms with Crippen LogP contribution in [0, 0.1) is 12.3 Å². The van der Waals surface area contributed by atoms with E-state index in [-0.39, 0.29) is 0 Å². The average molecular weight is 203 g/mol. The van der Waals surface area contributed by atoms with Crippen LogP contribution in [0.3, 0.4) is 0 Å². The van der Waals surface area contributed by atoms with Crippen molar-refractivity contribution in [3.8, 4) is 12.3 Å². The molecule has 1 aliphatic carbocycles. The molecule has 1 aliphatic rings. The van der Waals surface area contributed by atoms with Crippen LogP contribution in [0.15, 0.2) is 12.3 Å². The molecule has 1 aromatic heterocycles. The molecule has 0 aliphatic heterocycles. The number of hydrogen-bond acceptors (Lipinski definition) is 2. The van der Waals surface area contributed by atoms with E-state index in [0.29, 0.717) is 12.6 Å². The van der Waals surface area contributed by atoms with Crippen molar-refractivity contribution in [1.29, 1.82) is 0 Å². The molecule has 3 heteroatoms. The molecule has 80 valence electrons. The Morgan fingerprint density at radius 1 is 1.53 bits per heavy atom. The van der Waals surface area contributed by atoms with Crippen molar-refractivity contribution in [2.75, 3.05) is 6.54 Å². The summed E-state index contributed by atoms with van der Waals surface area (Å²) in [4.78, 5) is 0. The molecule has 0 radical (unpaired) electrons. The fourth-order valence-corrected chi connectivity index (χ4v) is 2.11. The summed E-state index contributed by atoms with van der Waals surface area (Å²) in [7, 11) is 0. The molecule has 0 atom stereocenters. The standard InChI is InChI=1S/C12H17N3/c1-2-8-13-10-11-7-9-15(14-11)12-5-3-4-6-12/h1,7,9,12-13H,3-6,8,10H2. The zero-order chi connectivity index (χ0) is 10.5. The van der Waals surface area contributed by atoms with Crippen LogP contribution >= 0.6 is 0 Å². The van der Waals surface area contributed by atoms with Gasteiger partial charge in [-0.1, -0.05) is 18.8 Å². The summed E-state index contributed by atoms with van der Waals surface area (Å²) >= 11 is 0. The van der Waals surface area contributed by atoms with Crippen molar-refractivity contribution in [2.45, 2.75) is 38.3 Å². The van der Waals surface area contributed by atoms with Crippen LogP contribution in [0.2, 0.25) is 0 Å². The number of aromatic nitrogens is 2. The highest BCUT2D eigenvalue weighted by atomic mass is 15.3. The van der Waals surface area contributed by atoms with E-state index in [9.17, 15) is 0 Å². The van der Waals surface area contributed by atoms with Crippen molar-refractivity contribution in [3.63, 3.8) is 0 Å². The van der Waals surface area contributed by atoms with Crippen molar-refractivity contribution in [1.82, 2.24) is 15.1 Å². The predicted molar refractivity (Wildman–Crippen MR) is 60.3 cm³/mol. The van der Waals surface area contributed by atoms with Gasteiger partial charge in [0.25, 0.3) is 0 Å². The Bertz CT molecular complexity index is 342. The second-order valence-corrected chi connectivity index (χ2v) is 4.03. The molecule has 1 saturated carbocycles. The SMILES string of the molecule is C#CCNCc1ccn(C2CCCC2)n1. The molecule has 0 amide bonds. The lowest BCUT2D eigenvalue weighted by molar-refractivity contribution is 0.461. The van der Waals surface area contributed by atoms with Gasteiger partial charge in [-0.25, -0.2) is 0 Å². The van der Waals surface area contributed by atoms with E-state index in [0.717, 1.165) is 12.2 Å². The van der Waals surface area contributed by atoms with Crippen LogP contribution in [0.1, 0.15) is 37.4 Å². The highest BCUT2D eigenvalue weighted by Crippen LogP contribution is 2.28. The van der Waals surface area contributed by atoms with Gasteiger partial charge in [-0.15, -0.1) is 6.42 Å². The summed E-state index contributed by atoms with van der Waals surface area (Å²) in [5.74, 6) is 2.55. The smallest absolute Gasteiger partial charge is 0.0762 e. The second kappa shape index (κ2) is 4.99. The predicted octanol–water partition coefficient (Wildman–Crippen LogP) is 1.72. The van der Waals surface area contributed by atoms with Crippen LogP contribution < -0.4 is 5.32 Å². The summed E-state index contributed by atoms with van der Waals surface area (Å²) in [5, 5.41) is 7.69. The Morgan fingerprint density at radius 2 is 2.33 bits per heavy atom. The monoisotopic (exact) mass is 203 g/mol. The minimum atomic E-state index is 0.607. The third-order valence-electron chi connectivity index (χ3n) is 2.90. The minimum absolute atomic E-state index is 0.607. The molecule has 3 nitrogen and oxygen atoms in total. The van der Waals surface area contributed by atoms with E-state index >= 15 is 0 Å². The molecule has 1 aromatic rings. The number of hydrogen-bond donors (Lipinski definition) is 1. The van der Waals surface area contributed by atoms with Crippen LogP contribution in [-0.4, -0.2) is 16.3 Å². The molecule has 1 heterocycles. The van der Waals surface area contributed by atoms with Crippen molar-refractivity contribution < 1.29 is 0 Å². The molecule has 15 heavy (non-hydrogen) atoms. The number of rotatable bonds is 4. The lowest BCUT2D eigenvalue weighted by Gasteiger charge is -2.08.